The SMILES string of the molecule is CN=C(NCCCNC(=O)c1cccc(Br)c1)NC(C)C. The third kappa shape index (κ3) is 7.13. The Morgan fingerprint density at radius 1 is 1.29 bits per heavy atom. The number of amides is 1. The van der Waals surface area contributed by atoms with Gasteiger partial charge in [-0.3, -0.25) is 9.79 Å². The molecule has 6 heteroatoms. The van der Waals surface area contributed by atoms with Crippen LogP contribution in [0.15, 0.2) is 33.7 Å². The van der Waals surface area contributed by atoms with E-state index in [1.165, 1.54) is 0 Å². The van der Waals surface area contributed by atoms with Crippen LogP contribution in [0.5, 0.6) is 0 Å². The number of nitrogens with one attached hydrogen (secondary N) is 3. The minimum Gasteiger partial charge on any atom is -0.356 e. The summed E-state index contributed by atoms with van der Waals surface area (Å²) < 4.78 is 0.903. The van der Waals surface area contributed by atoms with E-state index in [2.05, 4.69) is 50.7 Å². The summed E-state index contributed by atoms with van der Waals surface area (Å²) in [7, 11) is 1.74. The molecular formula is C15H23BrN4O. The van der Waals surface area contributed by atoms with Crippen LogP contribution in [0.2, 0.25) is 0 Å². The lowest BCUT2D eigenvalue weighted by Gasteiger charge is -2.14. The van der Waals surface area contributed by atoms with Gasteiger partial charge in [-0.05, 0) is 38.5 Å². The van der Waals surface area contributed by atoms with Crippen LogP contribution in [0.4, 0.5) is 0 Å². The maximum absolute atomic E-state index is 11.9. The molecule has 0 saturated carbocycles. The first-order valence-electron chi connectivity index (χ1n) is 7.04. The van der Waals surface area contributed by atoms with Crippen LogP contribution < -0.4 is 16.0 Å². The molecule has 0 saturated heterocycles. The Kier molecular flexibility index (Phi) is 7.82. The maximum Gasteiger partial charge on any atom is 0.251 e. The summed E-state index contributed by atoms with van der Waals surface area (Å²) >= 11 is 3.36. The van der Waals surface area contributed by atoms with Crippen molar-refractivity contribution in [3.63, 3.8) is 0 Å². The molecule has 0 atom stereocenters. The topological polar surface area (TPSA) is 65.5 Å². The Bertz CT molecular complexity index is 488. The number of carbonyl (C=O) groups excluding carboxylic acids is 1. The van der Waals surface area contributed by atoms with Crippen molar-refractivity contribution in [3.05, 3.63) is 34.3 Å². The van der Waals surface area contributed by atoms with Crippen LogP contribution in [0.3, 0.4) is 0 Å². The van der Waals surface area contributed by atoms with Crippen LogP contribution in [0, 0.1) is 0 Å². The molecule has 1 rings (SSSR count). The molecule has 0 bridgehead atoms. The van der Waals surface area contributed by atoms with Gasteiger partial charge >= 0.3 is 0 Å². The Hall–Kier alpha value is -1.56. The van der Waals surface area contributed by atoms with Gasteiger partial charge in [0.2, 0.25) is 0 Å². The second kappa shape index (κ2) is 9.39. The maximum atomic E-state index is 11.9. The molecule has 0 aliphatic carbocycles. The number of nitrogens with zero attached hydrogens (tertiary/aromatic N) is 1. The lowest BCUT2D eigenvalue weighted by Crippen LogP contribution is -2.42. The van der Waals surface area contributed by atoms with E-state index in [1.807, 2.05) is 18.2 Å². The van der Waals surface area contributed by atoms with Crippen LogP contribution in [0.1, 0.15) is 30.6 Å². The lowest BCUT2D eigenvalue weighted by atomic mass is 10.2. The van der Waals surface area contributed by atoms with Crippen molar-refractivity contribution in [2.24, 2.45) is 4.99 Å². The van der Waals surface area contributed by atoms with Gasteiger partial charge in [0, 0.05) is 36.2 Å². The fourth-order valence-corrected chi connectivity index (χ4v) is 2.10. The van der Waals surface area contributed by atoms with Gasteiger partial charge in [-0.25, -0.2) is 0 Å². The minimum absolute atomic E-state index is 0.0546. The molecule has 0 radical (unpaired) electrons. The Balaban J connectivity index is 2.24. The first-order valence-corrected chi connectivity index (χ1v) is 7.83. The van der Waals surface area contributed by atoms with E-state index in [1.54, 1.807) is 13.1 Å². The third-order valence-electron chi connectivity index (χ3n) is 2.67. The normalized spacial score (nSPS) is 11.4. The molecule has 5 nitrogen and oxygen atoms in total. The third-order valence-corrected chi connectivity index (χ3v) is 3.16. The number of hydrogen-bond acceptors (Lipinski definition) is 2. The summed E-state index contributed by atoms with van der Waals surface area (Å²) in [5.74, 6) is 0.726. The van der Waals surface area contributed by atoms with Crippen LogP contribution in [-0.4, -0.2) is 38.0 Å². The van der Waals surface area contributed by atoms with Crippen molar-refractivity contribution >= 4 is 27.8 Å². The molecule has 0 fully saturated rings. The molecule has 0 unspecified atom stereocenters. The largest absolute Gasteiger partial charge is 0.356 e. The van der Waals surface area contributed by atoms with Gasteiger partial charge in [0.1, 0.15) is 0 Å². The highest BCUT2D eigenvalue weighted by Crippen LogP contribution is 2.11. The van der Waals surface area contributed by atoms with E-state index in [0.29, 0.717) is 18.2 Å². The highest BCUT2D eigenvalue weighted by molar-refractivity contribution is 9.10. The molecular weight excluding hydrogens is 332 g/mol. The number of guanidine groups is 1. The van der Waals surface area contributed by atoms with Crippen molar-refractivity contribution in [1.82, 2.24) is 16.0 Å². The molecule has 116 valence electrons. The van der Waals surface area contributed by atoms with Crippen molar-refractivity contribution in [2.45, 2.75) is 26.3 Å². The van der Waals surface area contributed by atoms with Crippen LogP contribution >= 0.6 is 15.9 Å². The van der Waals surface area contributed by atoms with E-state index in [9.17, 15) is 4.79 Å². The average molecular weight is 355 g/mol. The summed E-state index contributed by atoms with van der Waals surface area (Å²) in [6, 6.07) is 7.69. The Morgan fingerprint density at radius 2 is 2.00 bits per heavy atom. The molecule has 1 aromatic rings. The van der Waals surface area contributed by atoms with Gasteiger partial charge in [-0.15, -0.1) is 0 Å². The molecule has 1 amide bonds. The fraction of sp³-hybridized carbons (Fsp3) is 0.467. The summed E-state index contributed by atoms with van der Waals surface area (Å²) in [6.07, 6.45) is 0.832. The van der Waals surface area contributed by atoms with E-state index in [-0.39, 0.29) is 5.91 Å². The summed E-state index contributed by atoms with van der Waals surface area (Å²) in [6.45, 7) is 5.50. The summed E-state index contributed by atoms with van der Waals surface area (Å²) in [5, 5.41) is 9.31. The molecule has 0 aromatic heterocycles. The monoisotopic (exact) mass is 354 g/mol. The summed E-state index contributed by atoms with van der Waals surface area (Å²) in [4.78, 5) is 16.0. The van der Waals surface area contributed by atoms with Crippen molar-refractivity contribution in [1.29, 1.82) is 0 Å². The number of aliphatic imine (C=N–C) groups is 1. The zero-order valence-electron chi connectivity index (χ0n) is 12.7. The quantitative estimate of drug-likeness (QED) is 0.416. The second-order valence-corrected chi connectivity index (χ2v) is 5.83. The van der Waals surface area contributed by atoms with Gasteiger partial charge in [0.05, 0.1) is 0 Å². The molecule has 0 heterocycles. The number of rotatable bonds is 6. The standard InChI is InChI=1S/C15H23BrN4O/c1-11(2)20-15(17-3)19-9-5-8-18-14(21)12-6-4-7-13(16)10-12/h4,6-7,10-11H,5,8-9H2,1-3H3,(H,18,21)(H2,17,19,20). The van der Waals surface area contributed by atoms with E-state index >= 15 is 0 Å². The highest BCUT2D eigenvalue weighted by Gasteiger charge is 2.04. The van der Waals surface area contributed by atoms with E-state index in [4.69, 9.17) is 0 Å². The predicted molar refractivity (Wildman–Crippen MR) is 90.7 cm³/mol. The second-order valence-electron chi connectivity index (χ2n) is 4.92. The molecule has 0 aliphatic heterocycles. The first kappa shape index (κ1) is 17.5. The molecule has 21 heavy (non-hydrogen) atoms. The summed E-state index contributed by atoms with van der Waals surface area (Å²) in [5.41, 5.74) is 0.662. The van der Waals surface area contributed by atoms with Crippen molar-refractivity contribution < 1.29 is 4.79 Å². The first-order chi connectivity index (χ1) is 10.0. The smallest absolute Gasteiger partial charge is 0.251 e. The Labute approximate surface area is 134 Å². The van der Waals surface area contributed by atoms with Gasteiger partial charge in [0.25, 0.3) is 5.91 Å². The Morgan fingerprint density at radius 3 is 2.62 bits per heavy atom. The van der Waals surface area contributed by atoms with Gasteiger partial charge < -0.3 is 16.0 Å². The van der Waals surface area contributed by atoms with Crippen molar-refractivity contribution in [2.75, 3.05) is 20.1 Å². The molecule has 0 spiro atoms. The number of carbonyl (C=O) groups is 1. The van der Waals surface area contributed by atoms with Crippen LogP contribution in [0.25, 0.3) is 0 Å². The number of benzene rings is 1. The highest BCUT2D eigenvalue weighted by atomic mass is 79.9. The fourth-order valence-electron chi connectivity index (χ4n) is 1.70. The van der Waals surface area contributed by atoms with E-state index < -0.39 is 0 Å². The molecule has 1 aromatic carbocycles. The molecule has 3 N–H and O–H groups in total. The van der Waals surface area contributed by atoms with Crippen molar-refractivity contribution in [3.8, 4) is 0 Å². The van der Waals surface area contributed by atoms with Gasteiger partial charge in [-0.1, -0.05) is 22.0 Å². The van der Waals surface area contributed by atoms with Gasteiger partial charge in [-0.2, -0.15) is 0 Å². The lowest BCUT2D eigenvalue weighted by molar-refractivity contribution is 0.0953. The zero-order chi connectivity index (χ0) is 15.7. The number of hydrogen-bond donors (Lipinski definition) is 3. The number of halogens is 1. The average Bonchev–Trinajstić information content (AvgIpc) is 2.45. The minimum atomic E-state index is -0.0546. The van der Waals surface area contributed by atoms with Crippen LogP contribution in [-0.2, 0) is 0 Å². The van der Waals surface area contributed by atoms with E-state index in [0.717, 1.165) is 23.4 Å². The molecule has 0 aliphatic rings. The predicted octanol–water partition coefficient (Wildman–Crippen LogP) is 2.14. The zero-order valence-corrected chi connectivity index (χ0v) is 14.3. The van der Waals surface area contributed by atoms with Gasteiger partial charge in [0.15, 0.2) is 5.96 Å².